The predicted octanol–water partition coefficient (Wildman–Crippen LogP) is 2.50. The Kier molecular flexibility index (Phi) is 3.23. The maximum Gasteiger partial charge on any atom is 0.227 e. The van der Waals surface area contributed by atoms with Gasteiger partial charge in [-0.2, -0.15) is 0 Å². The Bertz CT molecular complexity index is 432. The molecule has 0 atom stereocenters. The average molecular weight is 290 g/mol. The Morgan fingerprint density at radius 2 is 2.00 bits per heavy atom. The molecule has 1 saturated heterocycles. The molecule has 2 nitrogen and oxygen atoms in total. The van der Waals surface area contributed by atoms with Crippen LogP contribution in [0.15, 0.2) is 16.6 Å². The van der Waals surface area contributed by atoms with E-state index in [1.807, 2.05) is 0 Å². The summed E-state index contributed by atoms with van der Waals surface area (Å²) >= 11 is 2.89. The molecule has 0 saturated carbocycles. The van der Waals surface area contributed by atoms with Crippen molar-refractivity contribution in [1.82, 2.24) is 4.90 Å². The van der Waals surface area contributed by atoms with Gasteiger partial charge in [0.15, 0.2) is 0 Å². The van der Waals surface area contributed by atoms with Crippen molar-refractivity contribution in [3.05, 3.63) is 33.8 Å². The first-order valence-electron chi connectivity index (χ1n) is 4.99. The zero-order valence-corrected chi connectivity index (χ0v) is 10.1. The summed E-state index contributed by atoms with van der Waals surface area (Å²) in [7, 11) is 0. The Balaban J connectivity index is 2.14. The van der Waals surface area contributed by atoms with Crippen LogP contribution in [0.3, 0.4) is 0 Å². The van der Waals surface area contributed by atoms with Gasteiger partial charge in [0, 0.05) is 18.7 Å². The van der Waals surface area contributed by atoms with Crippen molar-refractivity contribution in [2.24, 2.45) is 0 Å². The maximum atomic E-state index is 13.4. The molecule has 0 bridgehead atoms. The van der Waals surface area contributed by atoms with Crippen molar-refractivity contribution in [2.45, 2.75) is 12.8 Å². The third kappa shape index (κ3) is 2.24. The number of amides is 1. The van der Waals surface area contributed by atoms with E-state index in [0.29, 0.717) is 0 Å². The molecule has 16 heavy (non-hydrogen) atoms. The molecule has 0 aromatic heterocycles. The Hall–Kier alpha value is -0.970. The quantitative estimate of drug-likeness (QED) is 0.766. The predicted molar refractivity (Wildman–Crippen MR) is 59.0 cm³/mol. The molecule has 5 heteroatoms. The highest BCUT2D eigenvalue weighted by Crippen LogP contribution is 2.21. The summed E-state index contributed by atoms with van der Waals surface area (Å²) < 4.78 is 26.7. The number of nitrogens with zero attached hydrogens (tertiary/aromatic N) is 1. The van der Waals surface area contributed by atoms with E-state index in [9.17, 15) is 13.6 Å². The number of carbonyl (C=O) groups is 1. The highest BCUT2D eigenvalue weighted by Gasteiger charge is 2.21. The molecule has 1 aliphatic rings. The number of hydrogen-bond acceptors (Lipinski definition) is 1. The lowest BCUT2D eigenvalue weighted by atomic mass is 10.1. The van der Waals surface area contributed by atoms with Gasteiger partial charge in [0.05, 0.1) is 10.9 Å². The van der Waals surface area contributed by atoms with Crippen LogP contribution in [0.25, 0.3) is 0 Å². The normalized spacial score (nSPS) is 14.8. The van der Waals surface area contributed by atoms with Crippen molar-refractivity contribution in [3.63, 3.8) is 0 Å². The number of likely N-dealkylation sites (tertiary alicyclic amines) is 1. The van der Waals surface area contributed by atoms with E-state index in [2.05, 4.69) is 15.9 Å². The zero-order chi connectivity index (χ0) is 11.7. The summed E-state index contributed by atoms with van der Waals surface area (Å²) in [6, 6.07) is 2.12. The van der Waals surface area contributed by atoms with Gasteiger partial charge in [-0.3, -0.25) is 4.79 Å². The third-order valence-corrected chi connectivity index (χ3v) is 3.25. The van der Waals surface area contributed by atoms with Gasteiger partial charge in [-0.25, -0.2) is 8.78 Å². The van der Waals surface area contributed by atoms with Gasteiger partial charge in [-0.05, 0) is 34.5 Å². The first-order chi connectivity index (χ1) is 7.58. The number of hydrogen-bond donors (Lipinski definition) is 0. The number of carbonyl (C=O) groups excluding carboxylic acids is 1. The van der Waals surface area contributed by atoms with Gasteiger partial charge < -0.3 is 4.90 Å². The van der Waals surface area contributed by atoms with E-state index in [4.69, 9.17) is 0 Å². The van der Waals surface area contributed by atoms with Crippen LogP contribution < -0.4 is 0 Å². The van der Waals surface area contributed by atoms with Gasteiger partial charge >= 0.3 is 0 Å². The van der Waals surface area contributed by atoms with Crippen LogP contribution in [-0.2, 0) is 11.2 Å². The molecule has 1 aromatic carbocycles. The smallest absolute Gasteiger partial charge is 0.227 e. The molecule has 0 spiro atoms. The van der Waals surface area contributed by atoms with Gasteiger partial charge in [0.25, 0.3) is 0 Å². The van der Waals surface area contributed by atoms with E-state index in [0.717, 1.165) is 31.6 Å². The number of halogens is 3. The van der Waals surface area contributed by atoms with E-state index in [1.54, 1.807) is 4.90 Å². The summed E-state index contributed by atoms with van der Waals surface area (Å²) in [6.45, 7) is 1.44. The second-order valence-electron chi connectivity index (χ2n) is 3.77. The van der Waals surface area contributed by atoms with Gasteiger partial charge in [0.1, 0.15) is 11.6 Å². The minimum Gasteiger partial charge on any atom is -0.342 e. The van der Waals surface area contributed by atoms with E-state index in [1.165, 1.54) is 0 Å². The van der Waals surface area contributed by atoms with Crippen molar-refractivity contribution in [1.29, 1.82) is 0 Å². The molecule has 1 aliphatic heterocycles. The van der Waals surface area contributed by atoms with Gasteiger partial charge in [0.2, 0.25) is 5.91 Å². The summed E-state index contributed by atoms with van der Waals surface area (Å²) in [6.07, 6.45) is 0.916. The minimum absolute atomic E-state index is 0.0734. The minimum atomic E-state index is -0.554. The Morgan fingerprint density at radius 3 is 2.56 bits per heavy atom. The Labute approximate surface area is 100 Å². The van der Waals surface area contributed by atoms with Crippen LogP contribution in [-0.4, -0.2) is 23.9 Å². The number of rotatable bonds is 2. The second-order valence-corrected chi connectivity index (χ2v) is 4.62. The standard InChI is InChI=1S/C11H10BrF2NO/c12-8-6-9(13)7(4-10(8)14)5-11(16)15-2-1-3-15/h4,6H,1-3,5H2. The molecule has 2 rings (SSSR count). The highest BCUT2D eigenvalue weighted by atomic mass is 79.9. The lowest BCUT2D eigenvalue weighted by molar-refractivity contribution is -0.133. The first-order valence-corrected chi connectivity index (χ1v) is 5.78. The van der Waals surface area contributed by atoms with Gasteiger partial charge in [-0.15, -0.1) is 0 Å². The van der Waals surface area contributed by atoms with Gasteiger partial charge in [-0.1, -0.05) is 0 Å². The molecular weight excluding hydrogens is 280 g/mol. The number of benzene rings is 1. The molecular formula is C11H10BrF2NO. The van der Waals surface area contributed by atoms with Crippen molar-refractivity contribution < 1.29 is 13.6 Å². The molecule has 0 N–H and O–H groups in total. The lowest BCUT2D eigenvalue weighted by Gasteiger charge is -2.31. The van der Waals surface area contributed by atoms with Crippen molar-refractivity contribution >= 4 is 21.8 Å². The van der Waals surface area contributed by atoms with Crippen molar-refractivity contribution in [3.8, 4) is 0 Å². The fraction of sp³-hybridized carbons (Fsp3) is 0.364. The van der Waals surface area contributed by atoms with Crippen LogP contribution >= 0.6 is 15.9 Å². The summed E-state index contributed by atoms with van der Waals surface area (Å²) in [5, 5.41) is 0. The summed E-state index contributed by atoms with van der Waals surface area (Å²) in [5.74, 6) is -1.25. The molecule has 1 fully saturated rings. The topological polar surface area (TPSA) is 20.3 Å². The van der Waals surface area contributed by atoms with Crippen molar-refractivity contribution in [2.75, 3.05) is 13.1 Å². The second kappa shape index (κ2) is 4.49. The van der Waals surface area contributed by atoms with E-state index < -0.39 is 11.6 Å². The first kappa shape index (κ1) is 11.5. The highest BCUT2D eigenvalue weighted by molar-refractivity contribution is 9.10. The Morgan fingerprint density at radius 1 is 1.31 bits per heavy atom. The molecule has 0 aliphatic carbocycles. The maximum absolute atomic E-state index is 13.4. The van der Waals surface area contributed by atoms with Crippen LogP contribution in [0.4, 0.5) is 8.78 Å². The monoisotopic (exact) mass is 289 g/mol. The zero-order valence-electron chi connectivity index (χ0n) is 8.47. The largest absolute Gasteiger partial charge is 0.342 e. The summed E-state index contributed by atoms with van der Waals surface area (Å²) in [4.78, 5) is 13.2. The molecule has 0 radical (unpaired) electrons. The van der Waals surface area contributed by atoms with E-state index in [-0.39, 0.29) is 22.4 Å². The van der Waals surface area contributed by atoms with Crippen LogP contribution in [0.1, 0.15) is 12.0 Å². The lowest BCUT2D eigenvalue weighted by Crippen LogP contribution is -2.42. The fourth-order valence-electron chi connectivity index (χ4n) is 1.54. The molecule has 1 amide bonds. The molecule has 1 aromatic rings. The van der Waals surface area contributed by atoms with Crippen LogP contribution in [0, 0.1) is 11.6 Å². The average Bonchev–Trinajstić information content (AvgIpc) is 2.11. The van der Waals surface area contributed by atoms with Crippen LogP contribution in [0.2, 0.25) is 0 Å². The fourth-order valence-corrected chi connectivity index (χ4v) is 1.86. The molecule has 1 heterocycles. The SMILES string of the molecule is O=C(Cc1cc(F)c(Br)cc1F)N1CCC1. The van der Waals surface area contributed by atoms with E-state index >= 15 is 0 Å². The molecule has 86 valence electrons. The third-order valence-electron chi connectivity index (χ3n) is 2.64. The molecule has 0 unspecified atom stereocenters. The summed E-state index contributed by atoms with van der Waals surface area (Å²) in [5.41, 5.74) is 0.109. The van der Waals surface area contributed by atoms with Crippen LogP contribution in [0.5, 0.6) is 0 Å².